The summed E-state index contributed by atoms with van der Waals surface area (Å²) in [6.45, 7) is 2.78. The minimum absolute atomic E-state index is 0.0257. The standard InChI is InChI=1S/C13H10F2N2O3/c1-6-3-4-8(14)11(9(6)15)17-5-7(2)12(18)10(16-17)13(19)20/h3-5H,1-2H3,(H,19,20). The summed E-state index contributed by atoms with van der Waals surface area (Å²) in [4.78, 5) is 22.5. The molecule has 0 saturated carbocycles. The smallest absolute Gasteiger partial charge is 0.360 e. The lowest BCUT2D eigenvalue weighted by Gasteiger charge is -2.11. The summed E-state index contributed by atoms with van der Waals surface area (Å²) in [6, 6.07) is 2.30. The average molecular weight is 280 g/mol. The van der Waals surface area contributed by atoms with Gasteiger partial charge in [-0.25, -0.2) is 18.3 Å². The lowest BCUT2D eigenvalue weighted by Crippen LogP contribution is -2.24. The summed E-state index contributed by atoms with van der Waals surface area (Å²) >= 11 is 0. The van der Waals surface area contributed by atoms with Crippen molar-refractivity contribution in [3.63, 3.8) is 0 Å². The zero-order chi connectivity index (χ0) is 15.0. The number of aromatic carboxylic acids is 1. The Morgan fingerprint density at radius 1 is 1.25 bits per heavy atom. The number of halogens is 2. The zero-order valence-electron chi connectivity index (χ0n) is 10.6. The molecule has 2 rings (SSSR count). The number of hydrogen-bond donors (Lipinski definition) is 1. The fourth-order valence-electron chi connectivity index (χ4n) is 1.72. The first kappa shape index (κ1) is 13.9. The molecule has 5 nitrogen and oxygen atoms in total. The van der Waals surface area contributed by atoms with Crippen LogP contribution in [-0.2, 0) is 0 Å². The number of aromatic nitrogens is 2. The molecule has 0 radical (unpaired) electrons. The van der Waals surface area contributed by atoms with E-state index in [4.69, 9.17) is 5.11 Å². The topological polar surface area (TPSA) is 72.2 Å². The number of benzene rings is 1. The number of carbonyl (C=O) groups is 1. The summed E-state index contributed by atoms with van der Waals surface area (Å²) in [5.74, 6) is -3.32. The lowest BCUT2D eigenvalue weighted by atomic mass is 10.2. The van der Waals surface area contributed by atoms with Crippen molar-refractivity contribution in [1.29, 1.82) is 0 Å². The Morgan fingerprint density at radius 2 is 1.90 bits per heavy atom. The number of carboxylic acids is 1. The van der Waals surface area contributed by atoms with Gasteiger partial charge in [0.25, 0.3) is 0 Å². The van der Waals surface area contributed by atoms with Crippen LogP contribution in [0.2, 0.25) is 0 Å². The second kappa shape index (κ2) is 4.84. The van der Waals surface area contributed by atoms with Crippen LogP contribution in [0.5, 0.6) is 0 Å². The van der Waals surface area contributed by atoms with E-state index in [0.29, 0.717) is 0 Å². The van der Waals surface area contributed by atoms with Crippen LogP contribution < -0.4 is 5.43 Å². The fourth-order valence-corrected chi connectivity index (χ4v) is 1.72. The van der Waals surface area contributed by atoms with E-state index >= 15 is 0 Å². The molecule has 1 heterocycles. The highest BCUT2D eigenvalue weighted by molar-refractivity contribution is 5.85. The van der Waals surface area contributed by atoms with Gasteiger partial charge in [0.05, 0.1) is 0 Å². The summed E-state index contributed by atoms with van der Waals surface area (Å²) in [6.07, 6.45) is 1.09. The van der Waals surface area contributed by atoms with Gasteiger partial charge in [0, 0.05) is 11.8 Å². The largest absolute Gasteiger partial charge is 0.476 e. The molecule has 0 unspecified atom stereocenters. The predicted octanol–water partition coefficient (Wildman–Crippen LogP) is 1.83. The number of nitrogens with zero attached hydrogens (tertiary/aromatic N) is 2. The monoisotopic (exact) mass is 280 g/mol. The first-order valence-corrected chi connectivity index (χ1v) is 5.61. The summed E-state index contributed by atoms with van der Waals surface area (Å²) in [7, 11) is 0. The van der Waals surface area contributed by atoms with Gasteiger partial charge in [-0.3, -0.25) is 4.79 Å². The van der Waals surface area contributed by atoms with Crippen LogP contribution in [-0.4, -0.2) is 20.9 Å². The number of aryl methyl sites for hydroxylation is 2. The van der Waals surface area contributed by atoms with Crippen molar-refractivity contribution in [3.05, 3.63) is 57.0 Å². The third kappa shape index (κ3) is 2.18. The van der Waals surface area contributed by atoms with Crippen LogP contribution in [0.15, 0.2) is 23.1 Å². The van der Waals surface area contributed by atoms with Crippen LogP contribution in [0, 0.1) is 25.5 Å². The molecule has 104 valence electrons. The fraction of sp³-hybridized carbons (Fsp3) is 0.154. The van der Waals surface area contributed by atoms with Crippen molar-refractivity contribution in [3.8, 4) is 5.69 Å². The van der Waals surface area contributed by atoms with Crippen LogP contribution in [0.25, 0.3) is 5.69 Å². The van der Waals surface area contributed by atoms with E-state index in [-0.39, 0.29) is 11.1 Å². The van der Waals surface area contributed by atoms with E-state index < -0.39 is 34.4 Å². The second-order valence-electron chi connectivity index (χ2n) is 4.27. The molecule has 20 heavy (non-hydrogen) atoms. The van der Waals surface area contributed by atoms with Gasteiger partial charge in [-0.15, -0.1) is 0 Å². The van der Waals surface area contributed by atoms with Gasteiger partial charge in [0.2, 0.25) is 11.1 Å². The van der Waals surface area contributed by atoms with Gasteiger partial charge < -0.3 is 5.11 Å². The van der Waals surface area contributed by atoms with Crippen molar-refractivity contribution < 1.29 is 18.7 Å². The van der Waals surface area contributed by atoms with Gasteiger partial charge in [-0.05, 0) is 25.5 Å². The van der Waals surface area contributed by atoms with Crippen molar-refractivity contribution in [2.24, 2.45) is 0 Å². The summed E-state index contributed by atoms with van der Waals surface area (Å²) in [5, 5.41) is 12.4. The molecule has 0 atom stereocenters. The van der Waals surface area contributed by atoms with Gasteiger partial charge in [0.1, 0.15) is 5.69 Å². The number of rotatable bonds is 2. The molecule has 7 heteroatoms. The molecule has 0 aliphatic carbocycles. The van der Waals surface area contributed by atoms with Crippen molar-refractivity contribution in [1.82, 2.24) is 9.78 Å². The third-order valence-electron chi connectivity index (χ3n) is 2.79. The zero-order valence-corrected chi connectivity index (χ0v) is 10.6. The van der Waals surface area contributed by atoms with Crippen LogP contribution in [0.3, 0.4) is 0 Å². The highest BCUT2D eigenvalue weighted by atomic mass is 19.1. The molecular weight excluding hydrogens is 270 g/mol. The molecule has 0 fully saturated rings. The van der Waals surface area contributed by atoms with E-state index in [2.05, 4.69) is 5.10 Å². The predicted molar refractivity (Wildman–Crippen MR) is 66.2 cm³/mol. The Labute approximate surface area is 112 Å². The summed E-state index contributed by atoms with van der Waals surface area (Å²) in [5.41, 5.74) is -1.89. The molecule has 0 bridgehead atoms. The molecule has 0 aliphatic rings. The maximum absolute atomic E-state index is 14.0. The normalized spacial score (nSPS) is 10.6. The van der Waals surface area contributed by atoms with Gasteiger partial charge in [0.15, 0.2) is 11.6 Å². The average Bonchev–Trinajstić information content (AvgIpc) is 2.38. The minimum atomic E-state index is -1.55. The van der Waals surface area contributed by atoms with E-state index in [1.807, 2.05) is 0 Å². The van der Waals surface area contributed by atoms with Crippen molar-refractivity contribution in [2.75, 3.05) is 0 Å². The first-order valence-electron chi connectivity index (χ1n) is 5.61. The molecule has 0 spiro atoms. The van der Waals surface area contributed by atoms with E-state index in [0.717, 1.165) is 16.9 Å². The Balaban J connectivity index is 2.81. The number of carboxylic acid groups (broad SMARTS) is 1. The lowest BCUT2D eigenvalue weighted by molar-refractivity contribution is 0.0686. The second-order valence-corrected chi connectivity index (χ2v) is 4.27. The van der Waals surface area contributed by atoms with Crippen molar-refractivity contribution >= 4 is 5.97 Å². The highest BCUT2D eigenvalue weighted by Gasteiger charge is 2.19. The first-order chi connectivity index (χ1) is 9.32. The van der Waals surface area contributed by atoms with Crippen LogP contribution in [0.4, 0.5) is 8.78 Å². The molecule has 1 aromatic carbocycles. The molecule has 2 aromatic rings. The Morgan fingerprint density at radius 3 is 2.50 bits per heavy atom. The Hall–Kier alpha value is -2.57. The molecule has 0 aliphatic heterocycles. The molecular formula is C13H10F2N2O3. The van der Waals surface area contributed by atoms with E-state index in [1.165, 1.54) is 19.9 Å². The number of hydrogen-bond acceptors (Lipinski definition) is 3. The SMILES string of the molecule is Cc1ccc(F)c(-n2cc(C)c(=O)c(C(=O)O)n2)c1F. The van der Waals surface area contributed by atoms with Gasteiger partial charge in [-0.2, -0.15) is 5.10 Å². The summed E-state index contributed by atoms with van der Waals surface area (Å²) < 4.78 is 28.5. The van der Waals surface area contributed by atoms with Crippen LogP contribution >= 0.6 is 0 Å². The third-order valence-corrected chi connectivity index (χ3v) is 2.79. The van der Waals surface area contributed by atoms with Crippen molar-refractivity contribution in [2.45, 2.75) is 13.8 Å². The maximum atomic E-state index is 14.0. The molecule has 1 N–H and O–H groups in total. The molecule has 1 aromatic heterocycles. The van der Waals surface area contributed by atoms with Gasteiger partial charge >= 0.3 is 5.97 Å². The quantitative estimate of drug-likeness (QED) is 0.910. The molecule has 0 amide bonds. The highest BCUT2D eigenvalue weighted by Crippen LogP contribution is 2.19. The minimum Gasteiger partial charge on any atom is -0.476 e. The Bertz CT molecular complexity index is 769. The van der Waals surface area contributed by atoms with Gasteiger partial charge in [-0.1, -0.05) is 6.07 Å². The van der Waals surface area contributed by atoms with E-state index in [1.54, 1.807) is 0 Å². The maximum Gasteiger partial charge on any atom is 0.360 e. The van der Waals surface area contributed by atoms with E-state index in [9.17, 15) is 18.4 Å². The van der Waals surface area contributed by atoms with Crippen LogP contribution in [0.1, 0.15) is 21.6 Å². The molecule has 0 saturated heterocycles. The Kier molecular flexibility index (Phi) is 3.35.